The van der Waals surface area contributed by atoms with Crippen molar-refractivity contribution >= 4 is 28.6 Å². The van der Waals surface area contributed by atoms with Crippen molar-refractivity contribution in [1.82, 2.24) is 4.90 Å². The minimum absolute atomic E-state index is 0.233. The predicted octanol–water partition coefficient (Wildman–Crippen LogP) is 3.44. The summed E-state index contributed by atoms with van der Waals surface area (Å²) in [6.07, 6.45) is 0. The first-order valence-electron chi connectivity index (χ1n) is 8.15. The number of imide groups is 1. The van der Waals surface area contributed by atoms with Gasteiger partial charge in [0.05, 0.1) is 11.1 Å². The van der Waals surface area contributed by atoms with Crippen LogP contribution in [0.3, 0.4) is 0 Å². The molecule has 5 heteroatoms. The Balaban J connectivity index is 1.92. The maximum absolute atomic E-state index is 13.0. The third-order valence-electron chi connectivity index (χ3n) is 4.95. The minimum Gasteiger partial charge on any atom is -0.479 e. The van der Waals surface area contributed by atoms with E-state index < -0.39 is 23.3 Å². The van der Waals surface area contributed by atoms with Crippen molar-refractivity contribution in [2.24, 2.45) is 0 Å². The standard InChI is InChI=1S/C21H15NO4/c1-21(20(25)26,15-9-3-2-4-10-15)22-18(23)16-11-13-7-5-6-8-14(13)12-17(16)19(22)24/h2-12H,1H3,(H,25,26). The average molecular weight is 345 g/mol. The van der Waals surface area contributed by atoms with Gasteiger partial charge in [0.25, 0.3) is 11.8 Å². The Bertz CT molecular complexity index is 1020. The van der Waals surface area contributed by atoms with Crippen molar-refractivity contribution in [3.05, 3.63) is 83.4 Å². The van der Waals surface area contributed by atoms with Crippen LogP contribution in [0.25, 0.3) is 10.8 Å². The van der Waals surface area contributed by atoms with Gasteiger partial charge in [0.2, 0.25) is 0 Å². The van der Waals surface area contributed by atoms with Gasteiger partial charge in [0.15, 0.2) is 5.54 Å². The number of carbonyl (C=O) groups excluding carboxylic acids is 2. The third kappa shape index (κ3) is 2.07. The predicted molar refractivity (Wildman–Crippen MR) is 95.9 cm³/mol. The van der Waals surface area contributed by atoms with Crippen LogP contribution in [0.15, 0.2) is 66.7 Å². The molecule has 0 saturated heterocycles. The van der Waals surface area contributed by atoms with Gasteiger partial charge in [-0.1, -0.05) is 54.6 Å². The van der Waals surface area contributed by atoms with Crippen LogP contribution < -0.4 is 0 Å². The van der Waals surface area contributed by atoms with E-state index >= 15 is 0 Å². The molecule has 26 heavy (non-hydrogen) atoms. The zero-order valence-corrected chi connectivity index (χ0v) is 14.0. The van der Waals surface area contributed by atoms with E-state index in [1.165, 1.54) is 6.92 Å². The van der Waals surface area contributed by atoms with Crippen LogP contribution in [0.4, 0.5) is 0 Å². The Kier molecular flexibility index (Phi) is 3.40. The topological polar surface area (TPSA) is 74.7 Å². The smallest absolute Gasteiger partial charge is 0.334 e. The molecular formula is C21H15NO4. The molecule has 1 atom stereocenters. The lowest BCUT2D eigenvalue weighted by atomic mass is 9.90. The second-order valence-corrected chi connectivity index (χ2v) is 6.43. The molecule has 2 amide bonds. The number of fused-ring (bicyclic) bond motifs is 2. The summed E-state index contributed by atoms with van der Waals surface area (Å²) in [5.41, 5.74) is -0.957. The van der Waals surface area contributed by atoms with E-state index in [1.54, 1.807) is 42.5 Å². The summed E-state index contributed by atoms with van der Waals surface area (Å²) in [4.78, 5) is 39.0. The zero-order valence-electron chi connectivity index (χ0n) is 14.0. The molecule has 0 saturated carbocycles. The van der Waals surface area contributed by atoms with Crippen LogP contribution in [0.2, 0.25) is 0 Å². The van der Waals surface area contributed by atoms with Gasteiger partial charge in [0.1, 0.15) is 0 Å². The minimum atomic E-state index is -1.79. The van der Waals surface area contributed by atoms with Crippen LogP contribution in [-0.4, -0.2) is 27.8 Å². The van der Waals surface area contributed by atoms with Crippen LogP contribution in [0.5, 0.6) is 0 Å². The average Bonchev–Trinajstić information content (AvgIpc) is 2.90. The van der Waals surface area contributed by atoms with Gasteiger partial charge in [-0.05, 0) is 35.4 Å². The first kappa shape index (κ1) is 16.0. The molecule has 0 spiro atoms. The SMILES string of the molecule is CC(C(=O)O)(c1ccccc1)N1C(=O)c2cc3ccccc3cc2C1=O. The van der Waals surface area contributed by atoms with E-state index in [1.807, 2.05) is 24.3 Å². The molecule has 0 bridgehead atoms. The van der Waals surface area contributed by atoms with Gasteiger partial charge in [-0.15, -0.1) is 0 Å². The normalized spacial score (nSPS) is 15.8. The fraction of sp³-hybridized carbons (Fsp3) is 0.0952. The van der Waals surface area contributed by atoms with Crippen LogP contribution in [-0.2, 0) is 10.3 Å². The highest BCUT2D eigenvalue weighted by Gasteiger charge is 2.52. The lowest BCUT2D eigenvalue weighted by Crippen LogP contribution is -2.52. The summed E-state index contributed by atoms with van der Waals surface area (Å²) < 4.78 is 0. The van der Waals surface area contributed by atoms with Crippen molar-refractivity contribution in [2.75, 3.05) is 0 Å². The third-order valence-corrected chi connectivity index (χ3v) is 4.95. The highest BCUT2D eigenvalue weighted by atomic mass is 16.4. The number of amides is 2. The number of aliphatic carboxylic acids is 1. The molecule has 3 aromatic carbocycles. The second kappa shape index (κ2) is 5.52. The fourth-order valence-corrected chi connectivity index (χ4v) is 3.44. The van der Waals surface area contributed by atoms with Gasteiger partial charge in [-0.3, -0.25) is 14.5 Å². The van der Waals surface area contributed by atoms with Crippen LogP contribution in [0.1, 0.15) is 33.2 Å². The Morgan fingerprint density at radius 3 is 1.77 bits per heavy atom. The molecule has 0 fully saturated rings. The molecule has 0 aliphatic carbocycles. The van der Waals surface area contributed by atoms with Gasteiger partial charge in [-0.2, -0.15) is 0 Å². The summed E-state index contributed by atoms with van der Waals surface area (Å²) in [5, 5.41) is 11.6. The molecule has 1 unspecified atom stereocenters. The number of rotatable bonds is 3. The summed E-state index contributed by atoms with van der Waals surface area (Å²) in [7, 11) is 0. The lowest BCUT2D eigenvalue weighted by molar-refractivity contribution is -0.148. The van der Waals surface area contributed by atoms with E-state index in [0.29, 0.717) is 5.56 Å². The highest BCUT2D eigenvalue weighted by Crippen LogP contribution is 2.37. The second-order valence-electron chi connectivity index (χ2n) is 6.43. The Labute approximate surface area is 149 Å². The first-order valence-corrected chi connectivity index (χ1v) is 8.15. The van der Waals surface area contributed by atoms with E-state index in [9.17, 15) is 19.5 Å². The maximum Gasteiger partial charge on any atom is 0.334 e. The highest BCUT2D eigenvalue weighted by molar-refractivity contribution is 6.24. The number of nitrogens with zero attached hydrogens (tertiary/aromatic N) is 1. The fourth-order valence-electron chi connectivity index (χ4n) is 3.44. The molecule has 128 valence electrons. The van der Waals surface area contributed by atoms with Crippen molar-refractivity contribution < 1.29 is 19.5 Å². The number of hydrogen-bond acceptors (Lipinski definition) is 3. The molecule has 1 aliphatic heterocycles. The Morgan fingerprint density at radius 2 is 1.31 bits per heavy atom. The molecule has 1 heterocycles. The van der Waals surface area contributed by atoms with E-state index in [0.717, 1.165) is 15.7 Å². The van der Waals surface area contributed by atoms with Crippen LogP contribution in [0, 0.1) is 0 Å². The Hall–Kier alpha value is -3.47. The molecule has 4 rings (SSSR count). The summed E-state index contributed by atoms with van der Waals surface area (Å²) in [5.74, 6) is -2.45. The number of benzene rings is 3. The largest absolute Gasteiger partial charge is 0.479 e. The summed E-state index contributed by atoms with van der Waals surface area (Å²) in [6, 6.07) is 19.0. The van der Waals surface area contributed by atoms with Gasteiger partial charge in [-0.25, -0.2) is 4.79 Å². The van der Waals surface area contributed by atoms with Crippen molar-refractivity contribution in [3.63, 3.8) is 0 Å². The van der Waals surface area contributed by atoms with Crippen molar-refractivity contribution in [1.29, 1.82) is 0 Å². The Morgan fingerprint density at radius 1 is 0.846 bits per heavy atom. The van der Waals surface area contributed by atoms with E-state index in [4.69, 9.17) is 0 Å². The monoisotopic (exact) mass is 345 g/mol. The molecule has 1 aliphatic rings. The number of hydrogen-bond donors (Lipinski definition) is 1. The molecule has 5 nitrogen and oxygen atoms in total. The van der Waals surface area contributed by atoms with Crippen molar-refractivity contribution in [3.8, 4) is 0 Å². The van der Waals surface area contributed by atoms with Gasteiger partial charge >= 0.3 is 5.97 Å². The molecule has 0 aromatic heterocycles. The number of carbonyl (C=O) groups is 3. The van der Waals surface area contributed by atoms with Gasteiger partial charge < -0.3 is 5.11 Å². The zero-order chi connectivity index (χ0) is 18.5. The molecule has 0 radical (unpaired) electrons. The van der Waals surface area contributed by atoms with E-state index in [-0.39, 0.29) is 11.1 Å². The van der Waals surface area contributed by atoms with Crippen molar-refractivity contribution in [2.45, 2.75) is 12.5 Å². The molecule has 3 aromatic rings. The van der Waals surface area contributed by atoms with E-state index in [2.05, 4.69) is 0 Å². The molecular weight excluding hydrogens is 330 g/mol. The summed E-state index contributed by atoms with van der Waals surface area (Å²) in [6.45, 7) is 1.38. The summed E-state index contributed by atoms with van der Waals surface area (Å²) >= 11 is 0. The number of carboxylic acid groups (broad SMARTS) is 1. The van der Waals surface area contributed by atoms with Gasteiger partial charge in [0, 0.05) is 0 Å². The van der Waals surface area contributed by atoms with Crippen LogP contribution >= 0.6 is 0 Å². The maximum atomic E-state index is 13.0. The molecule has 1 N–H and O–H groups in total. The quantitative estimate of drug-likeness (QED) is 0.738. The lowest BCUT2D eigenvalue weighted by Gasteiger charge is -2.33. The first-order chi connectivity index (χ1) is 12.4. The number of carboxylic acids is 1.